The third-order valence-electron chi connectivity index (χ3n) is 4.47. The lowest BCUT2D eigenvalue weighted by atomic mass is 9.94. The van der Waals surface area contributed by atoms with Crippen molar-refractivity contribution in [2.24, 2.45) is 0 Å². The van der Waals surface area contributed by atoms with Crippen molar-refractivity contribution in [1.29, 1.82) is 0 Å². The Morgan fingerprint density at radius 1 is 1.24 bits per heavy atom. The number of aryl methyl sites for hydroxylation is 2. The largest absolute Gasteiger partial charge is 0.491 e. The van der Waals surface area contributed by atoms with Crippen LogP contribution in [0, 0.1) is 13.8 Å². The average Bonchev–Trinajstić information content (AvgIpc) is 2.49. The Balaban J connectivity index is 1.78. The van der Waals surface area contributed by atoms with Crippen LogP contribution < -0.4 is 4.74 Å². The van der Waals surface area contributed by atoms with Gasteiger partial charge in [-0.05, 0) is 50.9 Å². The lowest BCUT2D eigenvalue weighted by Crippen LogP contribution is -2.40. The maximum Gasteiger partial charge on any atom is 0.122 e. The molecule has 1 aromatic rings. The summed E-state index contributed by atoms with van der Waals surface area (Å²) in [5.41, 5.74) is 2.30. The topological polar surface area (TPSA) is 32.7 Å². The van der Waals surface area contributed by atoms with E-state index >= 15 is 0 Å². The van der Waals surface area contributed by atoms with Crippen molar-refractivity contribution in [1.82, 2.24) is 4.90 Å². The summed E-state index contributed by atoms with van der Waals surface area (Å²) < 4.78 is 5.79. The van der Waals surface area contributed by atoms with Crippen LogP contribution in [-0.4, -0.2) is 42.4 Å². The summed E-state index contributed by atoms with van der Waals surface area (Å²) in [5, 5.41) is 10.2. The number of hydrogen-bond donors (Lipinski definition) is 1. The van der Waals surface area contributed by atoms with Crippen LogP contribution in [0.5, 0.6) is 5.75 Å². The molecule has 3 heteroatoms. The van der Waals surface area contributed by atoms with Crippen LogP contribution in [0.4, 0.5) is 0 Å². The van der Waals surface area contributed by atoms with E-state index in [2.05, 4.69) is 31.0 Å². The average molecular weight is 291 g/mol. The molecular formula is C18H29NO2. The normalized spacial score (nSPS) is 18.0. The minimum absolute atomic E-state index is 0.362. The Labute approximate surface area is 128 Å². The van der Waals surface area contributed by atoms with Crippen molar-refractivity contribution in [2.75, 3.05) is 20.2 Å². The van der Waals surface area contributed by atoms with Gasteiger partial charge < -0.3 is 14.7 Å². The van der Waals surface area contributed by atoms with Gasteiger partial charge in [0.1, 0.15) is 18.5 Å². The molecule has 0 heterocycles. The molecule has 1 atom stereocenters. The van der Waals surface area contributed by atoms with E-state index < -0.39 is 6.10 Å². The van der Waals surface area contributed by atoms with Crippen LogP contribution in [0.15, 0.2) is 18.2 Å². The van der Waals surface area contributed by atoms with E-state index in [-0.39, 0.29) is 0 Å². The zero-order valence-electron chi connectivity index (χ0n) is 13.6. The molecule has 1 aliphatic rings. The van der Waals surface area contributed by atoms with Gasteiger partial charge in [-0.2, -0.15) is 0 Å². The first-order chi connectivity index (χ1) is 10.1. The molecule has 1 N–H and O–H groups in total. The molecule has 1 aromatic carbocycles. The highest BCUT2D eigenvalue weighted by Gasteiger charge is 2.20. The molecule has 0 aliphatic heterocycles. The van der Waals surface area contributed by atoms with Gasteiger partial charge in [0.05, 0.1) is 0 Å². The van der Waals surface area contributed by atoms with Gasteiger partial charge in [-0.3, -0.25) is 0 Å². The standard InChI is InChI=1S/C18H29NO2/c1-14-9-10-15(2)18(11-14)21-13-17(20)12-19(3)16-7-5-4-6-8-16/h9-11,16-17,20H,4-8,12-13H2,1-3H3/t17-/m1/s1. The van der Waals surface area contributed by atoms with Crippen molar-refractivity contribution in [3.63, 3.8) is 0 Å². The summed E-state index contributed by atoms with van der Waals surface area (Å²) in [7, 11) is 2.12. The second-order valence-corrected chi connectivity index (χ2v) is 6.47. The van der Waals surface area contributed by atoms with Crippen molar-refractivity contribution < 1.29 is 9.84 Å². The fourth-order valence-corrected chi connectivity index (χ4v) is 3.10. The molecule has 3 nitrogen and oxygen atoms in total. The van der Waals surface area contributed by atoms with E-state index in [1.54, 1.807) is 0 Å². The molecule has 1 aliphatic carbocycles. The summed E-state index contributed by atoms with van der Waals surface area (Å²) >= 11 is 0. The molecule has 0 amide bonds. The van der Waals surface area contributed by atoms with Gasteiger partial charge in [0.25, 0.3) is 0 Å². The Morgan fingerprint density at radius 2 is 1.95 bits per heavy atom. The number of nitrogens with zero attached hydrogens (tertiary/aromatic N) is 1. The van der Waals surface area contributed by atoms with Crippen LogP contribution >= 0.6 is 0 Å². The molecule has 0 spiro atoms. The molecule has 1 saturated carbocycles. The fraction of sp³-hybridized carbons (Fsp3) is 0.667. The Bertz CT molecular complexity index is 441. The van der Waals surface area contributed by atoms with E-state index in [1.165, 1.54) is 37.7 Å². The molecule has 0 saturated heterocycles. The molecular weight excluding hydrogens is 262 g/mol. The third-order valence-corrected chi connectivity index (χ3v) is 4.47. The number of aliphatic hydroxyl groups excluding tert-OH is 1. The van der Waals surface area contributed by atoms with Crippen LogP contribution in [0.25, 0.3) is 0 Å². The number of rotatable bonds is 6. The van der Waals surface area contributed by atoms with Crippen LogP contribution in [0.2, 0.25) is 0 Å². The number of benzene rings is 1. The third kappa shape index (κ3) is 5.01. The maximum atomic E-state index is 10.2. The van der Waals surface area contributed by atoms with Gasteiger partial charge in [-0.15, -0.1) is 0 Å². The highest BCUT2D eigenvalue weighted by atomic mass is 16.5. The lowest BCUT2D eigenvalue weighted by molar-refractivity contribution is 0.0559. The Hall–Kier alpha value is -1.06. The number of ether oxygens (including phenoxy) is 1. The van der Waals surface area contributed by atoms with E-state index in [9.17, 15) is 5.11 Å². The highest BCUT2D eigenvalue weighted by molar-refractivity contribution is 5.35. The van der Waals surface area contributed by atoms with Gasteiger partial charge in [0, 0.05) is 12.6 Å². The SMILES string of the molecule is Cc1ccc(C)c(OC[C@H](O)CN(C)C2CCCCC2)c1. The van der Waals surface area contributed by atoms with E-state index in [1.807, 2.05) is 13.0 Å². The molecule has 0 unspecified atom stereocenters. The monoisotopic (exact) mass is 291 g/mol. The van der Waals surface area contributed by atoms with Gasteiger partial charge in [0.2, 0.25) is 0 Å². The summed E-state index contributed by atoms with van der Waals surface area (Å²) in [6, 6.07) is 6.81. The second kappa shape index (κ2) is 7.81. The van der Waals surface area contributed by atoms with Crippen molar-refractivity contribution >= 4 is 0 Å². The quantitative estimate of drug-likeness (QED) is 0.873. The zero-order valence-corrected chi connectivity index (χ0v) is 13.6. The maximum absolute atomic E-state index is 10.2. The van der Waals surface area contributed by atoms with Crippen molar-refractivity contribution in [3.8, 4) is 5.75 Å². The van der Waals surface area contributed by atoms with E-state index in [4.69, 9.17) is 4.74 Å². The zero-order chi connectivity index (χ0) is 15.2. The predicted octanol–water partition coefficient (Wildman–Crippen LogP) is 3.31. The summed E-state index contributed by atoms with van der Waals surface area (Å²) in [5.74, 6) is 0.884. The summed E-state index contributed by atoms with van der Waals surface area (Å²) in [6.45, 7) is 5.14. The molecule has 2 rings (SSSR count). The number of hydrogen-bond acceptors (Lipinski definition) is 3. The first-order valence-corrected chi connectivity index (χ1v) is 8.14. The Kier molecular flexibility index (Phi) is 6.07. The van der Waals surface area contributed by atoms with E-state index in [0.29, 0.717) is 19.2 Å². The Morgan fingerprint density at radius 3 is 2.67 bits per heavy atom. The molecule has 0 aromatic heterocycles. The van der Waals surface area contributed by atoms with E-state index in [0.717, 1.165) is 11.3 Å². The molecule has 21 heavy (non-hydrogen) atoms. The molecule has 0 bridgehead atoms. The van der Waals surface area contributed by atoms with Gasteiger partial charge in [0.15, 0.2) is 0 Å². The van der Waals surface area contributed by atoms with Gasteiger partial charge >= 0.3 is 0 Å². The summed E-state index contributed by atoms with van der Waals surface area (Å²) in [4.78, 5) is 2.30. The minimum Gasteiger partial charge on any atom is -0.491 e. The summed E-state index contributed by atoms with van der Waals surface area (Å²) in [6.07, 6.45) is 6.11. The van der Waals surface area contributed by atoms with Gasteiger partial charge in [-0.1, -0.05) is 31.4 Å². The number of likely N-dealkylation sites (N-methyl/N-ethyl adjacent to an activating group) is 1. The first kappa shape index (κ1) is 16.3. The minimum atomic E-state index is -0.433. The molecule has 118 valence electrons. The van der Waals surface area contributed by atoms with Crippen molar-refractivity contribution in [3.05, 3.63) is 29.3 Å². The molecule has 1 fully saturated rings. The molecule has 0 radical (unpaired) electrons. The fourth-order valence-electron chi connectivity index (χ4n) is 3.10. The lowest BCUT2D eigenvalue weighted by Gasteiger charge is -2.32. The first-order valence-electron chi connectivity index (χ1n) is 8.14. The van der Waals surface area contributed by atoms with Crippen LogP contribution in [0.1, 0.15) is 43.2 Å². The highest BCUT2D eigenvalue weighted by Crippen LogP contribution is 2.22. The number of aliphatic hydroxyl groups is 1. The second-order valence-electron chi connectivity index (χ2n) is 6.47. The van der Waals surface area contributed by atoms with Crippen LogP contribution in [-0.2, 0) is 0 Å². The van der Waals surface area contributed by atoms with Crippen molar-refractivity contribution in [2.45, 2.75) is 58.1 Å². The smallest absolute Gasteiger partial charge is 0.122 e. The van der Waals surface area contributed by atoms with Gasteiger partial charge in [-0.25, -0.2) is 0 Å². The van der Waals surface area contributed by atoms with Crippen LogP contribution in [0.3, 0.4) is 0 Å². The predicted molar refractivity (Wildman–Crippen MR) is 86.9 cm³/mol.